The summed E-state index contributed by atoms with van der Waals surface area (Å²) in [5.74, 6) is 0.0712. The van der Waals surface area contributed by atoms with Gasteiger partial charge in [0.2, 0.25) is 0 Å². The Kier molecular flexibility index (Phi) is 3.13. The van der Waals surface area contributed by atoms with Gasteiger partial charge in [0, 0.05) is 11.3 Å². The van der Waals surface area contributed by atoms with Gasteiger partial charge in [-0.05, 0) is 60.8 Å². The zero-order valence-corrected chi connectivity index (χ0v) is 15.1. The van der Waals surface area contributed by atoms with Crippen LogP contribution in [0.2, 0.25) is 0 Å². The molecular formula is C21H28O4. The van der Waals surface area contributed by atoms with E-state index in [9.17, 15) is 14.7 Å². The summed E-state index contributed by atoms with van der Waals surface area (Å²) in [7, 11) is 0. The second-order valence-corrected chi connectivity index (χ2v) is 9.71. The Morgan fingerprint density at radius 3 is 2.80 bits per heavy atom. The first-order chi connectivity index (χ1) is 11.9. The van der Waals surface area contributed by atoms with E-state index in [1.54, 1.807) is 0 Å². The normalized spacial score (nSPS) is 54.2. The molecule has 6 aliphatic rings. The van der Waals surface area contributed by atoms with E-state index < -0.39 is 11.3 Å². The molecular weight excluding hydrogens is 316 g/mol. The number of rotatable bonds is 1. The Morgan fingerprint density at radius 1 is 1.24 bits per heavy atom. The predicted molar refractivity (Wildman–Crippen MR) is 91.7 cm³/mol. The van der Waals surface area contributed by atoms with Gasteiger partial charge in [0.15, 0.2) is 11.6 Å². The molecule has 0 aromatic carbocycles. The van der Waals surface area contributed by atoms with E-state index in [1.807, 2.05) is 0 Å². The van der Waals surface area contributed by atoms with Crippen molar-refractivity contribution >= 4 is 11.6 Å². The van der Waals surface area contributed by atoms with Crippen LogP contribution < -0.4 is 0 Å². The van der Waals surface area contributed by atoms with Crippen molar-refractivity contribution in [3.8, 4) is 0 Å². The largest absolute Gasteiger partial charge is 0.396 e. The summed E-state index contributed by atoms with van der Waals surface area (Å²) in [5.41, 5.74) is -0.438. The number of allylic oxidation sites excluding steroid dienone is 1. The maximum absolute atomic E-state index is 13.7. The molecule has 5 aliphatic carbocycles. The third-order valence-electron chi connectivity index (χ3n) is 8.82. The number of ketones is 2. The average molecular weight is 344 g/mol. The fourth-order valence-corrected chi connectivity index (χ4v) is 8.05. The van der Waals surface area contributed by atoms with E-state index in [0.29, 0.717) is 25.2 Å². The van der Waals surface area contributed by atoms with Gasteiger partial charge in [-0.3, -0.25) is 9.59 Å². The molecule has 4 bridgehead atoms. The Labute approximate surface area is 149 Å². The zero-order valence-electron chi connectivity index (χ0n) is 15.1. The average Bonchev–Trinajstić information content (AvgIpc) is 2.59. The minimum Gasteiger partial charge on any atom is -0.396 e. The summed E-state index contributed by atoms with van der Waals surface area (Å²) in [5, 5.41) is 10.2. The molecule has 2 unspecified atom stereocenters. The molecule has 0 aromatic rings. The molecule has 6 rings (SSSR count). The molecule has 4 nitrogen and oxygen atoms in total. The van der Waals surface area contributed by atoms with Crippen LogP contribution in [0, 0.1) is 39.9 Å². The smallest absolute Gasteiger partial charge is 0.172 e. The van der Waals surface area contributed by atoms with Crippen molar-refractivity contribution in [2.24, 2.45) is 39.9 Å². The lowest BCUT2D eigenvalue weighted by Crippen LogP contribution is -2.73. The number of fused-ring (bicyclic) bond motifs is 2. The van der Waals surface area contributed by atoms with Crippen LogP contribution in [0.1, 0.15) is 45.4 Å². The quantitative estimate of drug-likeness (QED) is 0.586. The minimum atomic E-state index is -0.922. The summed E-state index contributed by atoms with van der Waals surface area (Å²) < 4.78 is 6.12. The molecule has 6 fully saturated rings. The summed E-state index contributed by atoms with van der Waals surface area (Å²) in [6.45, 7) is 7.47. The maximum atomic E-state index is 13.7. The molecule has 0 aromatic heterocycles. The lowest BCUT2D eigenvalue weighted by molar-refractivity contribution is -0.253. The Morgan fingerprint density at radius 2 is 2.04 bits per heavy atom. The molecule has 1 N–H and O–H groups in total. The molecule has 1 aliphatic heterocycles. The molecule has 25 heavy (non-hydrogen) atoms. The summed E-state index contributed by atoms with van der Waals surface area (Å²) >= 11 is 0. The van der Waals surface area contributed by atoms with E-state index in [4.69, 9.17) is 4.74 Å². The fraction of sp³-hybridized carbons (Fsp3) is 0.810. The first-order valence-corrected chi connectivity index (χ1v) is 9.87. The van der Waals surface area contributed by atoms with Crippen LogP contribution in [0.15, 0.2) is 12.2 Å². The highest BCUT2D eigenvalue weighted by atomic mass is 16.5. The van der Waals surface area contributed by atoms with Gasteiger partial charge in [0.1, 0.15) is 0 Å². The molecule has 1 heterocycles. The lowest BCUT2D eigenvalue weighted by Gasteiger charge is -2.70. The molecule has 7 atom stereocenters. The lowest BCUT2D eigenvalue weighted by atomic mass is 9.33. The van der Waals surface area contributed by atoms with Crippen LogP contribution >= 0.6 is 0 Å². The van der Waals surface area contributed by atoms with Crippen molar-refractivity contribution in [2.75, 3.05) is 19.8 Å². The second-order valence-electron chi connectivity index (χ2n) is 9.71. The first kappa shape index (κ1) is 16.2. The van der Waals surface area contributed by atoms with E-state index in [-0.39, 0.29) is 46.8 Å². The number of hydrogen-bond donors (Lipinski definition) is 1. The van der Waals surface area contributed by atoms with Crippen LogP contribution in [0.3, 0.4) is 0 Å². The van der Waals surface area contributed by atoms with Crippen LogP contribution in [0.5, 0.6) is 0 Å². The molecule has 1 spiro atoms. The van der Waals surface area contributed by atoms with Gasteiger partial charge in [-0.1, -0.05) is 19.9 Å². The van der Waals surface area contributed by atoms with Gasteiger partial charge in [0.05, 0.1) is 25.2 Å². The van der Waals surface area contributed by atoms with Gasteiger partial charge < -0.3 is 9.84 Å². The van der Waals surface area contributed by atoms with Gasteiger partial charge in [-0.15, -0.1) is 0 Å². The molecule has 1 saturated heterocycles. The number of Topliss-reactive ketones (excluding diaryl/α,β-unsaturated/α-hetero) is 2. The number of hydrogen-bond acceptors (Lipinski definition) is 4. The summed E-state index contributed by atoms with van der Waals surface area (Å²) in [6.07, 6.45) is 5.66. The topological polar surface area (TPSA) is 63.6 Å². The highest BCUT2D eigenvalue weighted by molar-refractivity contribution is 6.17. The standard InChI is InChI=1S/C21H28O4/c1-12-13-4-7-21(17(12)23)15(8-13)20-6-3-5-19(2,10-25-11-20)16(20)14(9-22)18(21)24/h13-16,22H,1,3-11H2,2H3/t13-,14-,15?,16?,19-,20+,21-/m0/s1. The molecule has 0 radical (unpaired) electrons. The second kappa shape index (κ2) is 4.83. The van der Waals surface area contributed by atoms with Crippen molar-refractivity contribution in [3.63, 3.8) is 0 Å². The summed E-state index contributed by atoms with van der Waals surface area (Å²) in [6, 6.07) is 0. The first-order valence-electron chi connectivity index (χ1n) is 9.87. The monoisotopic (exact) mass is 344 g/mol. The molecule has 0 amide bonds. The van der Waals surface area contributed by atoms with Gasteiger partial charge >= 0.3 is 0 Å². The number of carbonyl (C=O) groups excluding carboxylic acids is 2. The number of ether oxygens (including phenoxy) is 1. The van der Waals surface area contributed by atoms with Crippen LogP contribution in [0.4, 0.5) is 0 Å². The molecule has 4 heteroatoms. The van der Waals surface area contributed by atoms with E-state index in [2.05, 4.69) is 13.5 Å². The molecule has 5 saturated carbocycles. The SMILES string of the molecule is C=C1C(=O)[C@]23CC[C@H]1CC2[C@@]12CCC[C@@](C)(COC1)C2[C@H](CO)C3=O. The highest BCUT2D eigenvalue weighted by Crippen LogP contribution is 2.72. The summed E-state index contributed by atoms with van der Waals surface area (Å²) in [4.78, 5) is 27.0. The Bertz CT molecular complexity index is 669. The number of aliphatic hydroxyl groups excluding tert-OH is 1. The van der Waals surface area contributed by atoms with Gasteiger partial charge in [-0.2, -0.15) is 0 Å². The minimum absolute atomic E-state index is 0.00544. The fourth-order valence-electron chi connectivity index (χ4n) is 8.05. The zero-order chi connectivity index (χ0) is 17.6. The number of carbonyl (C=O) groups is 2. The van der Waals surface area contributed by atoms with Crippen molar-refractivity contribution in [1.29, 1.82) is 0 Å². The van der Waals surface area contributed by atoms with Crippen LogP contribution in [0.25, 0.3) is 0 Å². The van der Waals surface area contributed by atoms with Gasteiger partial charge in [-0.25, -0.2) is 0 Å². The number of aliphatic hydroxyl groups is 1. The van der Waals surface area contributed by atoms with Crippen molar-refractivity contribution < 1.29 is 19.4 Å². The third kappa shape index (κ3) is 1.63. The van der Waals surface area contributed by atoms with E-state index >= 15 is 0 Å². The predicted octanol–water partition coefficient (Wildman–Crippen LogP) is 2.54. The van der Waals surface area contributed by atoms with Gasteiger partial charge in [0.25, 0.3) is 0 Å². The van der Waals surface area contributed by atoms with E-state index in [1.165, 1.54) is 0 Å². The Hall–Kier alpha value is -1.00. The van der Waals surface area contributed by atoms with Crippen molar-refractivity contribution in [1.82, 2.24) is 0 Å². The van der Waals surface area contributed by atoms with Crippen LogP contribution in [-0.2, 0) is 14.3 Å². The van der Waals surface area contributed by atoms with Crippen molar-refractivity contribution in [3.05, 3.63) is 12.2 Å². The third-order valence-corrected chi connectivity index (χ3v) is 8.82. The maximum Gasteiger partial charge on any atom is 0.172 e. The molecule has 136 valence electrons. The van der Waals surface area contributed by atoms with Crippen LogP contribution in [-0.4, -0.2) is 36.5 Å². The highest BCUT2D eigenvalue weighted by Gasteiger charge is 2.75. The Balaban J connectivity index is 1.74. The van der Waals surface area contributed by atoms with Crippen molar-refractivity contribution in [2.45, 2.75) is 45.4 Å². The van der Waals surface area contributed by atoms with E-state index in [0.717, 1.165) is 32.1 Å².